The predicted octanol–water partition coefficient (Wildman–Crippen LogP) is 21.2. The number of amides is 2. The minimum absolute atomic E-state index is 0. The number of nitrogens with zero attached hydrogens (tertiary/aromatic N) is 16. The number of nitrogens with one attached hydrogen (secondary N) is 3. The first-order valence-corrected chi connectivity index (χ1v) is 58.3. The van der Waals surface area contributed by atoms with E-state index in [1.165, 1.54) is 18.7 Å². The third kappa shape index (κ3) is 57.9. The summed E-state index contributed by atoms with van der Waals surface area (Å²) in [5.74, 6) is 0.368. The molecule has 6 aromatic heterocycles. The number of halogens is 7. The van der Waals surface area contributed by atoms with Gasteiger partial charge in [0, 0.05) is 136 Å². The van der Waals surface area contributed by atoms with E-state index in [9.17, 15) is 64.4 Å². The normalized spacial score (nSPS) is 11.1. The molecule has 2 saturated heterocycles. The molecule has 10 aromatic rings. The maximum Gasteiger partial charge on any atom is 0.488 e. The summed E-state index contributed by atoms with van der Waals surface area (Å²) in [7, 11) is -1.34. The molecule has 1 radical (unpaired) electrons. The molecule has 52 heteroatoms. The van der Waals surface area contributed by atoms with Gasteiger partial charge in [-0.05, 0) is 125 Å². The number of H-pyrrole nitrogens is 1. The molecule has 147 heavy (non-hydrogen) atoms. The van der Waals surface area contributed by atoms with Crippen molar-refractivity contribution in [2.24, 2.45) is 5.73 Å². The van der Waals surface area contributed by atoms with E-state index in [1.54, 1.807) is 84.6 Å². The Morgan fingerprint density at radius 3 is 1.11 bits per heavy atom. The second-order valence-electron chi connectivity index (χ2n) is 29.9. The van der Waals surface area contributed by atoms with E-state index in [-0.39, 0.29) is 203 Å². The Morgan fingerprint density at radius 2 is 0.769 bits per heavy atom. The van der Waals surface area contributed by atoms with Crippen LogP contribution in [0.25, 0.3) is 45.2 Å². The van der Waals surface area contributed by atoms with Crippen LogP contribution in [0.1, 0.15) is 177 Å². The fraction of sp³-hybridized carbons (Fsp3) is 0.463. The van der Waals surface area contributed by atoms with Crippen LogP contribution in [0.5, 0.6) is 0 Å². The summed E-state index contributed by atoms with van der Waals surface area (Å²) in [5, 5.41) is 66.5. The number of carbonyl (C=O) groups is 5. The zero-order valence-electron chi connectivity index (χ0n) is 84.7. The van der Waals surface area contributed by atoms with E-state index < -0.39 is 55.6 Å². The number of rotatable bonds is 26. The van der Waals surface area contributed by atoms with Crippen LogP contribution in [0.4, 0.5) is 46.0 Å². The number of anilines is 4. The van der Waals surface area contributed by atoms with Gasteiger partial charge in [-0.15, -0.1) is 0 Å². The molecule has 2 aliphatic heterocycles. The Hall–Kier alpha value is -9.51. The van der Waals surface area contributed by atoms with E-state index in [0.29, 0.717) is 61.7 Å². The first kappa shape index (κ1) is 148. The second-order valence-corrected chi connectivity index (χ2v) is 30.9. The summed E-state index contributed by atoms with van der Waals surface area (Å²) in [6.07, 6.45) is 1.81. The van der Waals surface area contributed by atoms with Crippen molar-refractivity contribution in [1.82, 2.24) is 54.8 Å². The largest absolute Gasteiger partial charge is 0.488 e. The fourth-order valence-corrected chi connectivity index (χ4v) is 11.7. The van der Waals surface area contributed by atoms with Crippen LogP contribution >= 0.6 is 109 Å². The molecular formula is C95H140BCl3I4N20O23V. The maximum atomic E-state index is 12.1. The van der Waals surface area contributed by atoms with Crippen LogP contribution in [0.15, 0.2) is 134 Å². The van der Waals surface area contributed by atoms with Crippen molar-refractivity contribution in [3.8, 4) is 34.2 Å². The number of nitrogens with two attached hydrogens (primary N) is 1. The quantitative estimate of drug-likeness (QED) is 0.00337. The number of nitro groups is 4. The standard InChI is InChI=1S/C19H24N4O5.C16H14N4O2.C15H14N4O4.C13H19ClN4O5.C8H17NO3.C6H7BO2.C5H3Cl2N3O2.5C2H6.3CH4.2I2.V/c1-13-16(23(25)26)18(22-17(21-13)14-8-6-5-7-9-14)20-10-11-27-12-15(24)28-19(2,3)4;21-13-10-22-9-8-20(13)16-14-12(6-7-17-14)18-15(19-16)11-4-2-1-3-5-11;1-10-13(19(21)22)15(18-7-8-23-9-12(18)20)17-14(16-10)11-5-3-2-4-6-11;1-8-10(18(20)21)11(17-12(14)16-8)15-5-6-22-7-9(19)23-13(2,3)4;1-8(2,3)12-7(10)6-11-5-4-9;8-7(9)6-4-2-1-3-5-6;1-2-3(10(11)12)4(6)9-5(7)8-2;5*1-2;;;;2*1-2;/h5-9H,10-12H2,1-4H3,(H,20,21,22);1-7,17H,8-10H2;2-6H,7-9H2,1H3;5-7H2,1-4H3,(H,15,16,17);4-6,9H2,1-3H3;1-5,8-9H;1H3;5*1-2H3;3*1H4;;;. The zero-order chi connectivity index (χ0) is 109. The van der Waals surface area contributed by atoms with Crippen molar-refractivity contribution in [1.29, 1.82) is 0 Å². The molecule has 2 amide bonds. The molecule has 0 atom stereocenters. The van der Waals surface area contributed by atoms with Crippen LogP contribution < -0.4 is 31.6 Å². The van der Waals surface area contributed by atoms with Crippen molar-refractivity contribution < 1.29 is 110 Å². The SMILES string of the molecule is C.C.C.CC.CC.CC.CC.CC.CC(C)(C)OC(=O)COCCN.Cc1nc(-c2ccccc2)nc(N2CCOCC2=O)c1[N+](=O)[O-].Cc1nc(-c2ccccc2)nc(NCCOCC(=O)OC(C)(C)C)c1[N+](=O)[O-].Cc1nc(Cl)nc(Cl)c1[N+](=O)[O-].Cc1nc(Cl)nc(NCCOCC(=O)OC(C)(C)C)c1[N+](=O)[O-].II.II.O=C1COCCN1c1nc(-c2ccccc2)nc2cc[nH]c12.OB(O)c1ccccc1.[V]. The summed E-state index contributed by atoms with van der Waals surface area (Å²) in [4.78, 5) is 147. The number of aromatic amines is 1. The van der Waals surface area contributed by atoms with E-state index >= 15 is 0 Å². The number of aryl methyl sites for hydroxylation is 4. The summed E-state index contributed by atoms with van der Waals surface area (Å²) in [6, 6.07) is 38.6. The number of ether oxygens (including phenoxy) is 8. The molecule has 8 heterocycles. The van der Waals surface area contributed by atoms with E-state index in [1.807, 2.05) is 199 Å². The van der Waals surface area contributed by atoms with Crippen LogP contribution in [-0.2, 0) is 80.4 Å². The predicted molar refractivity (Wildman–Crippen MR) is 611 cm³/mol. The molecule has 12 rings (SSSR count). The minimum Gasteiger partial charge on any atom is -0.458 e. The van der Waals surface area contributed by atoms with Gasteiger partial charge in [0.15, 0.2) is 23.3 Å². The van der Waals surface area contributed by atoms with Gasteiger partial charge in [-0.1, -0.05) is 224 Å². The van der Waals surface area contributed by atoms with Crippen molar-refractivity contribution in [3.05, 3.63) is 213 Å². The van der Waals surface area contributed by atoms with Gasteiger partial charge in [0.25, 0.3) is 11.8 Å². The van der Waals surface area contributed by atoms with Crippen molar-refractivity contribution in [3.63, 3.8) is 0 Å². The van der Waals surface area contributed by atoms with Gasteiger partial charge in [-0.2, -0.15) is 9.97 Å². The average Bonchev–Trinajstić information content (AvgIpc) is 1.77. The summed E-state index contributed by atoms with van der Waals surface area (Å²) < 4.78 is 40.8. The van der Waals surface area contributed by atoms with Gasteiger partial charge < -0.3 is 69.3 Å². The molecule has 0 spiro atoms. The number of benzene rings is 4. The second kappa shape index (κ2) is 82.3. The Bertz CT molecular complexity index is 5460. The Kier molecular flexibility index (Phi) is 82.9. The van der Waals surface area contributed by atoms with Gasteiger partial charge in [-0.3, -0.25) is 59.8 Å². The Labute approximate surface area is 935 Å². The van der Waals surface area contributed by atoms with Gasteiger partial charge in [0.05, 0.1) is 71.3 Å². The van der Waals surface area contributed by atoms with Crippen LogP contribution in [0.3, 0.4) is 0 Å². The molecular weight excluding hydrogens is 2460 g/mol. The van der Waals surface area contributed by atoms with Crippen molar-refractivity contribution >= 4 is 209 Å². The summed E-state index contributed by atoms with van der Waals surface area (Å²) in [5.41, 5.74) is 7.88. The molecule has 2 fully saturated rings. The molecule has 0 aliphatic carbocycles. The summed E-state index contributed by atoms with van der Waals surface area (Å²) in [6.45, 7) is 44.7. The van der Waals surface area contributed by atoms with Crippen molar-refractivity contribution in [2.45, 2.75) is 198 Å². The number of hydrogen-bond acceptors (Lipinski definition) is 36. The van der Waals surface area contributed by atoms with E-state index in [2.05, 4.69) is 140 Å². The molecule has 0 bridgehead atoms. The topological polar surface area (TPSA) is 573 Å². The summed E-state index contributed by atoms with van der Waals surface area (Å²) >= 11 is 25.0. The van der Waals surface area contributed by atoms with Gasteiger partial charge in [0.2, 0.25) is 33.2 Å². The molecule has 2 aliphatic rings. The fourth-order valence-electron chi connectivity index (χ4n) is 11.0. The zero-order valence-corrected chi connectivity index (χ0v) is 97.0. The Balaban J connectivity index is -0.000000393. The van der Waals surface area contributed by atoms with E-state index in [0.717, 1.165) is 27.7 Å². The molecule has 815 valence electrons. The van der Waals surface area contributed by atoms with Crippen molar-refractivity contribution in [2.75, 3.05) is 119 Å². The first-order chi connectivity index (χ1) is 67.9. The maximum absolute atomic E-state index is 12.1. The number of aromatic nitrogens is 11. The minimum atomic E-state index is -1.34. The molecule has 4 aromatic carbocycles. The number of esters is 3. The first-order valence-electron chi connectivity index (χ1n) is 44.6. The van der Waals surface area contributed by atoms with Crippen LogP contribution in [0, 0.1) is 68.2 Å². The molecule has 0 unspecified atom stereocenters. The van der Waals surface area contributed by atoms with Gasteiger partial charge >= 0.3 is 47.8 Å². The number of carbonyl (C=O) groups excluding carboxylic acids is 5. The number of hydrogen-bond donors (Lipinski definition) is 6. The monoisotopic (exact) mass is 2600 g/mol. The number of morpholine rings is 2. The Morgan fingerprint density at radius 1 is 0.456 bits per heavy atom. The third-order valence-electron chi connectivity index (χ3n) is 16.2. The van der Waals surface area contributed by atoms with Crippen LogP contribution in [-0.4, -0.2) is 237 Å². The smallest absolute Gasteiger partial charge is 0.458 e. The average molecular weight is 2610 g/mol. The molecule has 0 saturated carbocycles. The third-order valence-corrected chi connectivity index (χ3v) is 16.8. The van der Waals surface area contributed by atoms with E-state index in [4.69, 9.17) is 88.5 Å². The van der Waals surface area contributed by atoms with Gasteiger partial charge in [-0.25, -0.2) is 54.3 Å². The number of fused-ring (bicyclic) bond motifs is 1. The van der Waals surface area contributed by atoms with Gasteiger partial charge in [0.1, 0.15) is 78.1 Å². The molecule has 43 nitrogen and oxygen atoms in total. The molecule has 7 N–H and O–H groups in total. The van der Waals surface area contributed by atoms with Crippen LogP contribution in [0.2, 0.25) is 15.7 Å².